The van der Waals surface area contributed by atoms with Gasteiger partial charge in [-0.3, -0.25) is 4.79 Å². The Hall–Kier alpha value is -4.20. The Morgan fingerprint density at radius 1 is 1.14 bits per heavy atom. The van der Waals surface area contributed by atoms with Gasteiger partial charge in [0.15, 0.2) is 5.78 Å². The minimum atomic E-state index is 0.226. The first-order valence-electron chi connectivity index (χ1n) is 12.1. The van der Waals surface area contributed by atoms with Crippen LogP contribution >= 0.6 is 0 Å². The van der Waals surface area contributed by atoms with Crippen LogP contribution in [0, 0.1) is 5.92 Å². The van der Waals surface area contributed by atoms with Gasteiger partial charge in [0.2, 0.25) is 0 Å². The second-order valence-corrected chi connectivity index (χ2v) is 9.16. The zero-order valence-corrected chi connectivity index (χ0v) is 19.4. The molecule has 8 heteroatoms. The molecular formula is C27H27N7O. The Balaban J connectivity index is 1.08. The lowest BCUT2D eigenvalue weighted by Gasteiger charge is -2.33. The molecule has 4 aromatic heterocycles. The molecule has 0 aliphatic carbocycles. The molecule has 1 aliphatic heterocycles. The van der Waals surface area contributed by atoms with E-state index in [0.29, 0.717) is 18.9 Å². The summed E-state index contributed by atoms with van der Waals surface area (Å²) in [4.78, 5) is 31.8. The molecule has 2 N–H and O–H groups in total. The SMILES string of the molecule is O=C(CNc1cccc(-c2cn3ccccc3n2)c1)C[C@@H]1CCCN(c2ncnc3[nH]ccc23)C1. The molecule has 0 radical (unpaired) electrons. The Kier molecular flexibility index (Phi) is 5.62. The van der Waals surface area contributed by atoms with Crippen LogP contribution in [0.4, 0.5) is 11.5 Å². The molecule has 1 aliphatic rings. The van der Waals surface area contributed by atoms with E-state index in [0.717, 1.165) is 65.4 Å². The first-order chi connectivity index (χ1) is 17.2. The van der Waals surface area contributed by atoms with Crippen molar-refractivity contribution in [1.82, 2.24) is 24.3 Å². The van der Waals surface area contributed by atoms with Crippen molar-refractivity contribution in [2.24, 2.45) is 5.92 Å². The first-order valence-corrected chi connectivity index (χ1v) is 12.1. The van der Waals surface area contributed by atoms with Crippen LogP contribution in [0.3, 0.4) is 0 Å². The molecule has 8 nitrogen and oxygen atoms in total. The highest BCUT2D eigenvalue weighted by molar-refractivity contribution is 5.87. The number of aromatic amines is 1. The number of piperidine rings is 1. The summed E-state index contributed by atoms with van der Waals surface area (Å²) >= 11 is 0. The first kappa shape index (κ1) is 21.3. The summed E-state index contributed by atoms with van der Waals surface area (Å²) in [7, 11) is 0. The Labute approximate surface area is 203 Å². The molecule has 1 saturated heterocycles. The highest BCUT2D eigenvalue weighted by Crippen LogP contribution is 2.28. The normalized spacial score (nSPS) is 16.1. The van der Waals surface area contributed by atoms with Gasteiger partial charge in [0.1, 0.15) is 23.4 Å². The molecule has 35 heavy (non-hydrogen) atoms. The maximum Gasteiger partial charge on any atom is 0.152 e. The van der Waals surface area contributed by atoms with Crippen LogP contribution in [0.25, 0.3) is 27.9 Å². The van der Waals surface area contributed by atoms with Crippen LogP contribution in [-0.4, -0.2) is 49.8 Å². The molecule has 1 fully saturated rings. The van der Waals surface area contributed by atoms with E-state index in [1.807, 2.05) is 65.5 Å². The third-order valence-electron chi connectivity index (χ3n) is 6.68. The second-order valence-electron chi connectivity index (χ2n) is 9.16. The van der Waals surface area contributed by atoms with Gasteiger partial charge >= 0.3 is 0 Å². The van der Waals surface area contributed by atoms with Crippen LogP contribution in [0.1, 0.15) is 19.3 Å². The van der Waals surface area contributed by atoms with Crippen molar-refractivity contribution >= 4 is 34.0 Å². The molecule has 5 heterocycles. The highest BCUT2D eigenvalue weighted by atomic mass is 16.1. The van der Waals surface area contributed by atoms with Gasteiger partial charge < -0.3 is 19.6 Å². The highest BCUT2D eigenvalue weighted by Gasteiger charge is 2.24. The lowest BCUT2D eigenvalue weighted by Crippen LogP contribution is -2.37. The maximum atomic E-state index is 12.8. The fraction of sp³-hybridized carbons (Fsp3) is 0.259. The van der Waals surface area contributed by atoms with Gasteiger partial charge in [-0.25, -0.2) is 15.0 Å². The number of rotatable bonds is 7. The molecule has 0 spiro atoms. The minimum absolute atomic E-state index is 0.226. The van der Waals surface area contributed by atoms with Crippen LogP contribution in [-0.2, 0) is 4.79 Å². The predicted octanol–water partition coefficient (Wildman–Crippen LogP) is 4.56. The lowest BCUT2D eigenvalue weighted by molar-refractivity contribution is -0.118. The molecule has 0 saturated carbocycles. The molecule has 0 unspecified atom stereocenters. The topological polar surface area (TPSA) is 91.2 Å². The monoisotopic (exact) mass is 465 g/mol. The van der Waals surface area contributed by atoms with Crippen molar-refractivity contribution < 1.29 is 4.79 Å². The van der Waals surface area contributed by atoms with Crippen molar-refractivity contribution in [2.75, 3.05) is 29.9 Å². The summed E-state index contributed by atoms with van der Waals surface area (Å²) in [5.41, 5.74) is 4.62. The number of imidazole rings is 1. The van der Waals surface area contributed by atoms with Gasteiger partial charge in [0.05, 0.1) is 17.6 Å². The summed E-state index contributed by atoms with van der Waals surface area (Å²) in [6, 6.07) is 16.1. The number of Topliss-reactive ketones (excluding diaryl/α,β-unsaturated/α-hetero) is 1. The van der Waals surface area contributed by atoms with Crippen molar-refractivity contribution in [2.45, 2.75) is 19.3 Å². The van der Waals surface area contributed by atoms with Gasteiger partial charge in [-0.2, -0.15) is 0 Å². The maximum absolute atomic E-state index is 12.8. The smallest absolute Gasteiger partial charge is 0.152 e. The molecular weight excluding hydrogens is 438 g/mol. The van der Waals surface area contributed by atoms with Crippen molar-refractivity contribution in [3.63, 3.8) is 0 Å². The summed E-state index contributed by atoms with van der Waals surface area (Å²) < 4.78 is 2.01. The van der Waals surface area contributed by atoms with E-state index in [9.17, 15) is 4.79 Å². The van der Waals surface area contributed by atoms with Crippen molar-refractivity contribution in [1.29, 1.82) is 0 Å². The zero-order valence-electron chi connectivity index (χ0n) is 19.4. The molecule has 1 atom stereocenters. The minimum Gasteiger partial charge on any atom is -0.378 e. The van der Waals surface area contributed by atoms with Crippen LogP contribution in [0.2, 0.25) is 0 Å². The molecule has 0 amide bonds. The summed E-state index contributed by atoms with van der Waals surface area (Å²) in [5, 5.41) is 4.35. The quantitative estimate of drug-likeness (QED) is 0.366. The summed E-state index contributed by atoms with van der Waals surface area (Å²) in [5.74, 6) is 1.51. The average molecular weight is 466 g/mol. The van der Waals surface area contributed by atoms with E-state index in [1.54, 1.807) is 6.33 Å². The number of hydrogen-bond donors (Lipinski definition) is 2. The molecule has 5 aromatic rings. The van der Waals surface area contributed by atoms with Gasteiger partial charge in [0.25, 0.3) is 0 Å². The Morgan fingerprint density at radius 2 is 2.11 bits per heavy atom. The summed E-state index contributed by atoms with van der Waals surface area (Å²) in [6.07, 6.45) is 10.2. The number of carbonyl (C=O) groups is 1. The Morgan fingerprint density at radius 3 is 3.06 bits per heavy atom. The fourth-order valence-corrected chi connectivity index (χ4v) is 4.99. The van der Waals surface area contributed by atoms with E-state index < -0.39 is 0 Å². The van der Waals surface area contributed by atoms with Gasteiger partial charge in [-0.05, 0) is 49.1 Å². The number of nitrogens with zero attached hydrogens (tertiary/aromatic N) is 5. The molecule has 0 bridgehead atoms. The third-order valence-corrected chi connectivity index (χ3v) is 6.68. The molecule has 176 valence electrons. The number of fused-ring (bicyclic) bond motifs is 2. The lowest BCUT2D eigenvalue weighted by atomic mass is 9.92. The van der Waals surface area contributed by atoms with E-state index in [1.165, 1.54) is 0 Å². The number of ketones is 1. The van der Waals surface area contributed by atoms with Gasteiger partial charge in [-0.15, -0.1) is 0 Å². The molecule has 1 aromatic carbocycles. The van der Waals surface area contributed by atoms with Gasteiger partial charge in [0, 0.05) is 49.4 Å². The van der Waals surface area contributed by atoms with Crippen molar-refractivity contribution in [3.05, 3.63) is 73.4 Å². The number of nitrogens with one attached hydrogen (secondary N) is 2. The van der Waals surface area contributed by atoms with E-state index >= 15 is 0 Å². The number of H-pyrrole nitrogens is 1. The van der Waals surface area contributed by atoms with E-state index in [-0.39, 0.29) is 5.78 Å². The number of pyridine rings is 1. The third kappa shape index (κ3) is 4.47. The average Bonchev–Trinajstić information content (AvgIpc) is 3.55. The summed E-state index contributed by atoms with van der Waals surface area (Å²) in [6.45, 7) is 2.11. The Bertz CT molecular complexity index is 1450. The zero-order chi connectivity index (χ0) is 23.6. The largest absolute Gasteiger partial charge is 0.378 e. The number of carbonyl (C=O) groups excluding carboxylic acids is 1. The van der Waals surface area contributed by atoms with Crippen LogP contribution in [0.15, 0.2) is 73.4 Å². The van der Waals surface area contributed by atoms with E-state index in [4.69, 9.17) is 4.98 Å². The second kappa shape index (κ2) is 9.21. The number of aromatic nitrogens is 5. The number of anilines is 2. The van der Waals surface area contributed by atoms with E-state index in [2.05, 4.69) is 31.2 Å². The number of hydrogen-bond acceptors (Lipinski definition) is 6. The number of benzene rings is 1. The van der Waals surface area contributed by atoms with Crippen molar-refractivity contribution in [3.8, 4) is 11.3 Å². The standard InChI is InChI=1S/C27H27N7O/c35-22(13-19-5-4-12-34(16-19)27-23-9-10-28-26(23)30-18-31-27)15-29-21-7-3-6-20(14-21)24-17-33-11-2-1-8-25(33)32-24/h1-3,6-11,14,17-19,29H,4-5,12-13,15-16H2,(H,28,30,31)/t19-/m0/s1. The van der Waals surface area contributed by atoms with Crippen LogP contribution in [0.5, 0.6) is 0 Å². The van der Waals surface area contributed by atoms with Gasteiger partial charge in [-0.1, -0.05) is 18.2 Å². The van der Waals surface area contributed by atoms with Crippen LogP contribution < -0.4 is 10.2 Å². The predicted molar refractivity (Wildman–Crippen MR) is 138 cm³/mol. The molecule has 6 rings (SSSR count). The fourth-order valence-electron chi connectivity index (χ4n) is 4.99.